The molecule has 2 aromatic carbocycles. The number of methoxy groups -OCH3 is 1. The van der Waals surface area contributed by atoms with Crippen molar-refractivity contribution in [3.8, 4) is 17.0 Å². The molecule has 0 aliphatic carbocycles. The van der Waals surface area contributed by atoms with Crippen LogP contribution in [0, 0.1) is 20.8 Å². The lowest BCUT2D eigenvalue weighted by molar-refractivity contribution is 0.0699. The van der Waals surface area contributed by atoms with Crippen molar-refractivity contribution in [3.63, 3.8) is 0 Å². The summed E-state index contributed by atoms with van der Waals surface area (Å²) < 4.78 is 5.24. The Morgan fingerprint density at radius 1 is 1.04 bits per heavy atom. The number of carbonyl (C=O) groups is 1. The fourth-order valence-electron chi connectivity index (χ4n) is 3.11. The van der Waals surface area contributed by atoms with Crippen LogP contribution in [0.25, 0.3) is 22.2 Å². The molecule has 0 atom stereocenters. The summed E-state index contributed by atoms with van der Waals surface area (Å²) in [5.41, 5.74) is 5.52. The van der Waals surface area contributed by atoms with Crippen LogP contribution < -0.4 is 4.74 Å². The Hall–Kier alpha value is -2.88. The van der Waals surface area contributed by atoms with Crippen molar-refractivity contribution in [3.05, 3.63) is 58.7 Å². The third-order valence-electron chi connectivity index (χ3n) is 4.19. The maximum atomic E-state index is 11.8. The van der Waals surface area contributed by atoms with Crippen molar-refractivity contribution >= 4 is 16.9 Å². The molecule has 0 aliphatic heterocycles. The molecule has 0 radical (unpaired) electrons. The van der Waals surface area contributed by atoms with Gasteiger partial charge in [0.15, 0.2) is 0 Å². The summed E-state index contributed by atoms with van der Waals surface area (Å²) in [5.74, 6) is -0.177. The van der Waals surface area contributed by atoms with E-state index in [4.69, 9.17) is 9.72 Å². The van der Waals surface area contributed by atoms with Crippen LogP contribution in [0.1, 0.15) is 27.0 Å². The molecular weight excluding hydrogens is 302 g/mol. The summed E-state index contributed by atoms with van der Waals surface area (Å²) in [7, 11) is 1.62. The zero-order valence-electron chi connectivity index (χ0n) is 14.2. The largest absolute Gasteiger partial charge is 0.497 e. The van der Waals surface area contributed by atoms with Crippen LogP contribution in [0.15, 0.2) is 36.4 Å². The quantitative estimate of drug-likeness (QED) is 0.769. The van der Waals surface area contributed by atoms with Gasteiger partial charge < -0.3 is 9.84 Å². The molecule has 4 nitrogen and oxygen atoms in total. The molecule has 1 aromatic heterocycles. The van der Waals surface area contributed by atoms with E-state index in [2.05, 4.69) is 0 Å². The van der Waals surface area contributed by atoms with Gasteiger partial charge in [-0.3, -0.25) is 0 Å². The van der Waals surface area contributed by atoms with E-state index in [0.29, 0.717) is 16.6 Å². The highest BCUT2D eigenvalue weighted by Crippen LogP contribution is 2.31. The molecule has 3 aromatic rings. The molecule has 0 unspecified atom stereocenters. The number of pyridine rings is 1. The molecule has 0 bridgehead atoms. The van der Waals surface area contributed by atoms with Crippen molar-refractivity contribution in [2.75, 3.05) is 7.11 Å². The second-order valence-electron chi connectivity index (χ2n) is 6.02. The second-order valence-corrected chi connectivity index (χ2v) is 6.02. The Balaban J connectivity index is 2.32. The van der Waals surface area contributed by atoms with Gasteiger partial charge in [-0.15, -0.1) is 0 Å². The molecule has 0 saturated carbocycles. The predicted molar refractivity (Wildman–Crippen MR) is 94.9 cm³/mol. The Kier molecular flexibility index (Phi) is 3.97. The highest BCUT2D eigenvalue weighted by Gasteiger charge is 2.16. The van der Waals surface area contributed by atoms with Crippen molar-refractivity contribution < 1.29 is 14.6 Å². The third-order valence-corrected chi connectivity index (χ3v) is 4.19. The maximum absolute atomic E-state index is 11.8. The molecule has 4 heteroatoms. The van der Waals surface area contributed by atoms with E-state index in [9.17, 15) is 9.90 Å². The van der Waals surface area contributed by atoms with Gasteiger partial charge in [-0.2, -0.15) is 0 Å². The van der Waals surface area contributed by atoms with Crippen LogP contribution in [0.4, 0.5) is 0 Å². The van der Waals surface area contributed by atoms with E-state index < -0.39 is 5.97 Å². The van der Waals surface area contributed by atoms with Gasteiger partial charge in [0.05, 0.1) is 23.9 Å². The topological polar surface area (TPSA) is 59.4 Å². The molecule has 0 aliphatic rings. The number of ether oxygens (including phenoxy) is 1. The summed E-state index contributed by atoms with van der Waals surface area (Å²) in [4.78, 5) is 16.5. The number of aromatic carboxylic acids is 1. The normalized spacial score (nSPS) is 10.8. The van der Waals surface area contributed by atoms with Crippen LogP contribution >= 0.6 is 0 Å². The van der Waals surface area contributed by atoms with Gasteiger partial charge in [-0.25, -0.2) is 9.78 Å². The van der Waals surface area contributed by atoms with Gasteiger partial charge >= 0.3 is 5.97 Å². The number of nitrogens with zero attached hydrogens (tertiary/aromatic N) is 1. The van der Waals surface area contributed by atoms with Crippen LogP contribution in [-0.4, -0.2) is 23.2 Å². The molecular formula is C20H19NO3. The fourth-order valence-corrected chi connectivity index (χ4v) is 3.11. The van der Waals surface area contributed by atoms with Gasteiger partial charge in [0.1, 0.15) is 5.75 Å². The zero-order valence-corrected chi connectivity index (χ0v) is 14.2. The van der Waals surface area contributed by atoms with E-state index in [1.165, 1.54) is 0 Å². The molecule has 122 valence electrons. The summed E-state index contributed by atoms with van der Waals surface area (Å²) in [5, 5.41) is 10.3. The van der Waals surface area contributed by atoms with Crippen LogP contribution in [0.3, 0.4) is 0 Å². The lowest BCUT2D eigenvalue weighted by Gasteiger charge is -2.12. The standard InChI is InChI=1S/C20H19NO3/c1-11-7-13(3)19-16(20(22)23)10-17(21-18(19)8-11)15-6-5-14(24-4)9-12(15)2/h5-10H,1-4H3,(H,22,23). The van der Waals surface area contributed by atoms with Crippen LogP contribution in [-0.2, 0) is 0 Å². The van der Waals surface area contributed by atoms with Gasteiger partial charge in [0, 0.05) is 10.9 Å². The maximum Gasteiger partial charge on any atom is 0.336 e. The SMILES string of the molecule is COc1ccc(-c2cc(C(=O)O)c3c(C)cc(C)cc3n2)c(C)c1. The number of hydrogen-bond acceptors (Lipinski definition) is 3. The summed E-state index contributed by atoms with van der Waals surface area (Å²) in [6.45, 7) is 5.87. The van der Waals surface area contributed by atoms with Gasteiger partial charge in [-0.05, 0) is 67.8 Å². The lowest BCUT2D eigenvalue weighted by atomic mass is 9.97. The monoisotopic (exact) mass is 321 g/mol. The van der Waals surface area contributed by atoms with Crippen molar-refractivity contribution in [2.24, 2.45) is 0 Å². The highest BCUT2D eigenvalue weighted by molar-refractivity contribution is 6.05. The number of carboxylic acid groups (broad SMARTS) is 1. The van der Waals surface area contributed by atoms with E-state index in [0.717, 1.165) is 28.0 Å². The Labute approximate surface area is 140 Å². The smallest absolute Gasteiger partial charge is 0.336 e. The predicted octanol–water partition coefficient (Wildman–Crippen LogP) is 4.53. The van der Waals surface area contributed by atoms with Crippen molar-refractivity contribution in [1.29, 1.82) is 0 Å². The average molecular weight is 321 g/mol. The summed E-state index contributed by atoms with van der Waals surface area (Å²) in [6.07, 6.45) is 0. The summed E-state index contributed by atoms with van der Waals surface area (Å²) in [6, 6.07) is 11.3. The van der Waals surface area contributed by atoms with Gasteiger partial charge in [0.2, 0.25) is 0 Å². The fraction of sp³-hybridized carbons (Fsp3) is 0.200. The number of aromatic nitrogens is 1. The zero-order chi connectivity index (χ0) is 17.4. The van der Waals surface area contributed by atoms with Crippen LogP contribution in [0.2, 0.25) is 0 Å². The van der Waals surface area contributed by atoms with E-state index in [1.807, 2.05) is 51.1 Å². The lowest BCUT2D eigenvalue weighted by Crippen LogP contribution is -2.02. The first-order chi connectivity index (χ1) is 11.4. The first-order valence-electron chi connectivity index (χ1n) is 7.71. The molecule has 0 spiro atoms. The second kappa shape index (κ2) is 5.96. The minimum atomic E-state index is -0.943. The molecule has 0 saturated heterocycles. The first-order valence-corrected chi connectivity index (χ1v) is 7.71. The average Bonchev–Trinajstić information content (AvgIpc) is 2.53. The van der Waals surface area contributed by atoms with Gasteiger partial charge in [-0.1, -0.05) is 6.07 Å². The molecule has 1 N–H and O–H groups in total. The third kappa shape index (κ3) is 2.71. The highest BCUT2D eigenvalue weighted by atomic mass is 16.5. The van der Waals surface area contributed by atoms with Crippen LogP contribution in [0.5, 0.6) is 5.75 Å². The molecule has 3 rings (SSSR count). The van der Waals surface area contributed by atoms with E-state index >= 15 is 0 Å². The molecule has 1 heterocycles. The van der Waals surface area contributed by atoms with E-state index in [-0.39, 0.29) is 5.56 Å². The van der Waals surface area contributed by atoms with Crippen molar-refractivity contribution in [2.45, 2.75) is 20.8 Å². The van der Waals surface area contributed by atoms with Crippen molar-refractivity contribution in [1.82, 2.24) is 4.98 Å². The first kappa shape index (κ1) is 16.0. The Bertz CT molecular complexity index is 961. The summed E-state index contributed by atoms with van der Waals surface area (Å²) >= 11 is 0. The molecule has 24 heavy (non-hydrogen) atoms. The molecule has 0 amide bonds. The Morgan fingerprint density at radius 3 is 2.42 bits per heavy atom. The number of benzene rings is 2. The van der Waals surface area contributed by atoms with Gasteiger partial charge in [0.25, 0.3) is 0 Å². The van der Waals surface area contributed by atoms with E-state index in [1.54, 1.807) is 13.2 Å². The number of aryl methyl sites for hydroxylation is 3. The number of fused-ring (bicyclic) bond motifs is 1. The minimum Gasteiger partial charge on any atom is -0.497 e. The Morgan fingerprint density at radius 2 is 1.79 bits per heavy atom. The number of carboxylic acids is 1. The number of hydrogen-bond donors (Lipinski definition) is 1. The minimum absolute atomic E-state index is 0.280. The number of rotatable bonds is 3. The molecule has 0 fully saturated rings.